The summed E-state index contributed by atoms with van der Waals surface area (Å²) in [4.78, 5) is 0. The second-order valence-corrected chi connectivity index (χ2v) is 6.69. The minimum Gasteiger partial charge on any atom is -0.506 e. The molecular formula is C24H20N2O5. The highest BCUT2D eigenvalue weighted by Gasteiger charge is 2.05. The maximum absolute atomic E-state index is 9.66. The molecule has 0 fully saturated rings. The van der Waals surface area contributed by atoms with Crippen LogP contribution in [0.4, 0.5) is 11.4 Å². The molecule has 0 aromatic heterocycles. The van der Waals surface area contributed by atoms with E-state index in [0.717, 1.165) is 0 Å². The molecule has 0 unspecified atom stereocenters. The first-order chi connectivity index (χ1) is 15.0. The molecule has 7 heteroatoms. The maximum Gasteiger partial charge on any atom is 0.142 e. The molecule has 0 atom stereocenters. The van der Waals surface area contributed by atoms with Gasteiger partial charge in [-0.1, -0.05) is 0 Å². The van der Waals surface area contributed by atoms with Crippen LogP contribution >= 0.6 is 0 Å². The summed E-state index contributed by atoms with van der Waals surface area (Å²) in [5, 5.41) is 19.3. The van der Waals surface area contributed by atoms with Gasteiger partial charge in [-0.3, -0.25) is 0 Å². The first-order valence-electron chi connectivity index (χ1n) is 9.37. The second kappa shape index (κ2) is 8.46. The van der Waals surface area contributed by atoms with Gasteiger partial charge in [-0.25, -0.2) is 0 Å². The number of hydrogen-bond donors (Lipinski definition) is 4. The van der Waals surface area contributed by atoms with Gasteiger partial charge in [0.05, 0.1) is 11.4 Å². The standard InChI is InChI=1S/C24H20N2O5/c25-21-11-9-19(13-23(21)27)30-17-5-1-15(2-6-17)29-16-3-7-18(8-4-16)31-20-10-12-22(26)24(28)14-20/h1-14,27-28H,25-26H2. The van der Waals surface area contributed by atoms with Gasteiger partial charge in [0.1, 0.15) is 46.0 Å². The third-order valence-corrected chi connectivity index (χ3v) is 4.36. The average molecular weight is 416 g/mol. The molecule has 0 bridgehead atoms. The van der Waals surface area contributed by atoms with E-state index in [0.29, 0.717) is 45.9 Å². The first-order valence-corrected chi connectivity index (χ1v) is 9.37. The number of hydrogen-bond acceptors (Lipinski definition) is 7. The summed E-state index contributed by atoms with van der Waals surface area (Å²) in [5.74, 6) is 3.33. The monoisotopic (exact) mass is 416 g/mol. The molecule has 4 aromatic carbocycles. The Kier molecular flexibility index (Phi) is 5.40. The van der Waals surface area contributed by atoms with Crippen LogP contribution in [0, 0.1) is 0 Å². The van der Waals surface area contributed by atoms with E-state index in [4.69, 9.17) is 25.7 Å². The van der Waals surface area contributed by atoms with Crippen LogP contribution in [-0.4, -0.2) is 10.2 Å². The number of nitrogens with two attached hydrogens (primary N) is 2. The predicted molar refractivity (Wildman–Crippen MR) is 118 cm³/mol. The first kappa shape index (κ1) is 19.8. The molecule has 156 valence electrons. The summed E-state index contributed by atoms with van der Waals surface area (Å²) in [6.45, 7) is 0. The fourth-order valence-electron chi connectivity index (χ4n) is 2.73. The molecule has 0 saturated heterocycles. The van der Waals surface area contributed by atoms with Gasteiger partial charge >= 0.3 is 0 Å². The fraction of sp³-hybridized carbons (Fsp3) is 0. The molecule has 0 saturated carbocycles. The van der Waals surface area contributed by atoms with Crippen molar-refractivity contribution in [2.24, 2.45) is 0 Å². The van der Waals surface area contributed by atoms with Crippen molar-refractivity contribution >= 4 is 11.4 Å². The van der Waals surface area contributed by atoms with Crippen molar-refractivity contribution in [1.82, 2.24) is 0 Å². The van der Waals surface area contributed by atoms with E-state index in [-0.39, 0.29) is 11.5 Å². The molecule has 6 N–H and O–H groups in total. The largest absolute Gasteiger partial charge is 0.506 e. The van der Waals surface area contributed by atoms with Crippen molar-refractivity contribution in [2.75, 3.05) is 11.5 Å². The smallest absolute Gasteiger partial charge is 0.142 e. The Morgan fingerprint density at radius 3 is 0.968 bits per heavy atom. The number of phenolic OH excluding ortho intramolecular Hbond substituents is 2. The van der Waals surface area contributed by atoms with Gasteiger partial charge in [0, 0.05) is 12.1 Å². The minimum atomic E-state index is -0.0296. The second-order valence-electron chi connectivity index (χ2n) is 6.69. The van der Waals surface area contributed by atoms with E-state index in [1.807, 2.05) is 0 Å². The lowest BCUT2D eigenvalue weighted by Gasteiger charge is -2.10. The molecule has 0 aliphatic carbocycles. The Balaban J connectivity index is 1.37. The van der Waals surface area contributed by atoms with Crippen LogP contribution in [0.5, 0.6) is 46.0 Å². The summed E-state index contributed by atoms with van der Waals surface area (Å²) in [6.07, 6.45) is 0. The maximum atomic E-state index is 9.66. The van der Waals surface area contributed by atoms with Crippen LogP contribution in [0.3, 0.4) is 0 Å². The fourth-order valence-corrected chi connectivity index (χ4v) is 2.73. The van der Waals surface area contributed by atoms with Gasteiger partial charge in [0.2, 0.25) is 0 Å². The van der Waals surface area contributed by atoms with Gasteiger partial charge in [-0.15, -0.1) is 0 Å². The lowest BCUT2D eigenvalue weighted by atomic mass is 10.2. The molecule has 31 heavy (non-hydrogen) atoms. The van der Waals surface area contributed by atoms with Crippen molar-refractivity contribution in [3.63, 3.8) is 0 Å². The Bertz CT molecular complexity index is 1100. The quantitative estimate of drug-likeness (QED) is 0.237. The van der Waals surface area contributed by atoms with Crippen LogP contribution in [0.15, 0.2) is 84.9 Å². The zero-order valence-corrected chi connectivity index (χ0v) is 16.4. The van der Waals surface area contributed by atoms with Crippen LogP contribution in [-0.2, 0) is 0 Å². The topological polar surface area (TPSA) is 120 Å². The summed E-state index contributed by atoms with van der Waals surface area (Å²) >= 11 is 0. The van der Waals surface area contributed by atoms with E-state index >= 15 is 0 Å². The van der Waals surface area contributed by atoms with Gasteiger partial charge < -0.3 is 35.9 Å². The van der Waals surface area contributed by atoms with Crippen molar-refractivity contribution in [3.05, 3.63) is 84.9 Å². The predicted octanol–water partition coefficient (Wildman–Crippen LogP) is 5.64. The third-order valence-electron chi connectivity index (χ3n) is 4.36. The number of rotatable bonds is 6. The molecule has 0 aliphatic rings. The highest BCUT2D eigenvalue weighted by Crippen LogP contribution is 2.32. The zero-order chi connectivity index (χ0) is 21.8. The van der Waals surface area contributed by atoms with Crippen LogP contribution < -0.4 is 25.7 Å². The van der Waals surface area contributed by atoms with Crippen molar-refractivity contribution in [1.29, 1.82) is 0 Å². The Hall–Kier alpha value is -4.52. The van der Waals surface area contributed by atoms with Crippen molar-refractivity contribution in [3.8, 4) is 46.0 Å². The number of phenols is 2. The molecule has 0 radical (unpaired) electrons. The highest BCUT2D eigenvalue weighted by molar-refractivity contribution is 5.56. The van der Waals surface area contributed by atoms with Crippen LogP contribution in [0.2, 0.25) is 0 Å². The minimum absolute atomic E-state index is 0.0296. The van der Waals surface area contributed by atoms with E-state index < -0.39 is 0 Å². The van der Waals surface area contributed by atoms with Crippen molar-refractivity contribution < 1.29 is 24.4 Å². The molecule has 4 rings (SSSR count). The Morgan fingerprint density at radius 1 is 0.419 bits per heavy atom. The van der Waals surface area contributed by atoms with Gasteiger partial charge in [0.25, 0.3) is 0 Å². The van der Waals surface area contributed by atoms with Crippen LogP contribution in [0.25, 0.3) is 0 Å². The molecule has 0 spiro atoms. The Labute approximate surface area is 178 Å². The summed E-state index contributed by atoms with van der Waals surface area (Å²) in [5.41, 5.74) is 11.8. The molecule has 0 amide bonds. The lowest BCUT2D eigenvalue weighted by Crippen LogP contribution is -1.89. The van der Waals surface area contributed by atoms with Gasteiger partial charge in [-0.05, 0) is 72.8 Å². The number of benzene rings is 4. The number of ether oxygens (including phenoxy) is 3. The summed E-state index contributed by atoms with van der Waals surface area (Å²) in [6, 6.07) is 23.5. The van der Waals surface area contributed by atoms with E-state index in [9.17, 15) is 10.2 Å². The van der Waals surface area contributed by atoms with Gasteiger partial charge in [-0.2, -0.15) is 0 Å². The average Bonchev–Trinajstić information content (AvgIpc) is 2.76. The van der Waals surface area contributed by atoms with E-state index in [1.165, 1.54) is 12.1 Å². The third kappa shape index (κ3) is 4.91. The molecule has 4 aromatic rings. The summed E-state index contributed by atoms with van der Waals surface area (Å²) < 4.78 is 17.2. The van der Waals surface area contributed by atoms with E-state index in [2.05, 4.69) is 0 Å². The normalized spacial score (nSPS) is 10.5. The van der Waals surface area contributed by atoms with Gasteiger partial charge in [0.15, 0.2) is 0 Å². The van der Waals surface area contributed by atoms with Crippen LogP contribution in [0.1, 0.15) is 0 Å². The summed E-state index contributed by atoms with van der Waals surface area (Å²) in [7, 11) is 0. The molecule has 0 aliphatic heterocycles. The highest BCUT2D eigenvalue weighted by atomic mass is 16.5. The number of anilines is 2. The molecule has 0 heterocycles. The zero-order valence-electron chi connectivity index (χ0n) is 16.4. The van der Waals surface area contributed by atoms with Crippen molar-refractivity contribution in [2.45, 2.75) is 0 Å². The number of nitrogen functional groups attached to an aromatic ring is 2. The Morgan fingerprint density at radius 2 is 0.677 bits per heavy atom. The SMILES string of the molecule is Nc1ccc(Oc2ccc(Oc3ccc(Oc4ccc(N)c(O)c4)cc3)cc2)cc1O. The number of aromatic hydroxyl groups is 2. The lowest BCUT2D eigenvalue weighted by molar-refractivity contribution is 0.452. The molecular weight excluding hydrogens is 396 g/mol. The molecule has 7 nitrogen and oxygen atoms in total. The van der Waals surface area contributed by atoms with E-state index in [1.54, 1.807) is 72.8 Å².